The average Bonchev–Trinajstić information content (AvgIpc) is 2.65. The zero-order valence-electron chi connectivity index (χ0n) is 14.5. The van der Waals surface area contributed by atoms with E-state index in [-0.39, 0.29) is 5.82 Å². The number of aromatic nitrogens is 2. The summed E-state index contributed by atoms with van der Waals surface area (Å²) in [4.78, 5) is 9.01. The van der Waals surface area contributed by atoms with Gasteiger partial charge in [-0.3, -0.25) is 0 Å². The quantitative estimate of drug-likeness (QED) is 0.703. The van der Waals surface area contributed by atoms with E-state index in [9.17, 15) is 4.39 Å². The van der Waals surface area contributed by atoms with Gasteiger partial charge in [-0.2, -0.15) is 0 Å². The zero-order valence-corrected chi connectivity index (χ0v) is 14.5. The Morgan fingerprint density at radius 1 is 1.15 bits per heavy atom. The van der Waals surface area contributed by atoms with Crippen LogP contribution in [0, 0.1) is 12.7 Å². The monoisotopic (exact) mass is 350 g/mol. The molecule has 0 aliphatic heterocycles. The van der Waals surface area contributed by atoms with E-state index < -0.39 is 0 Å². The number of halogens is 1. The summed E-state index contributed by atoms with van der Waals surface area (Å²) in [5.74, 6) is 0.663. The van der Waals surface area contributed by atoms with E-state index in [1.165, 1.54) is 18.3 Å². The van der Waals surface area contributed by atoms with Gasteiger partial charge in [0.2, 0.25) is 0 Å². The van der Waals surface area contributed by atoms with E-state index in [1.807, 2.05) is 25.1 Å². The smallest absolute Gasteiger partial charge is 0.176 e. The summed E-state index contributed by atoms with van der Waals surface area (Å²) in [6, 6.07) is 10.1. The van der Waals surface area contributed by atoms with Crippen molar-refractivity contribution in [2.45, 2.75) is 6.92 Å². The Morgan fingerprint density at radius 3 is 2.65 bits per heavy atom. The van der Waals surface area contributed by atoms with Gasteiger partial charge >= 0.3 is 0 Å². The number of fused-ring (bicyclic) bond motifs is 1. The highest BCUT2D eigenvalue weighted by Crippen LogP contribution is 2.33. The molecule has 0 unspecified atom stereocenters. The summed E-state index contributed by atoms with van der Waals surface area (Å²) < 4.78 is 19.1. The lowest BCUT2D eigenvalue weighted by atomic mass is 10.0. The molecule has 3 rings (SSSR count). The molecule has 4 N–H and O–H groups in total. The maximum absolute atomic E-state index is 13.6. The van der Waals surface area contributed by atoms with Gasteiger partial charge in [0.15, 0.2) is 5.82 Å². The third-order valence-electron chi connectivity index (χ3n) is 3.98. The largest absolute Gasteiger partial charge is 0.494 e. The summed E-state index contributed by atoms with van der Waals surface area (Å²) in [6.45, 7) is 1.87. The minimum atomic E-state index is -0.296. The van der Waals surface area contributed by atoms with Gasteiger partial charge in [-0.05, 0) is 60.7 Å². The van der Waals surface area contributed by atoms with Gasteiger partial charge in [-0.25, -0.2) is 14.4 Å². The summed E-state index contributed by atoms with van der Waals surface area (Å²) in [7, 11) is 1.57. The van der Waals surface area contributed by atoms with Crippen LogP contribution in [0.5, 0.6) is 5.75 Å². The van der Waals surface area contributed by atoms with E-state index in [2.05, 4.69) is 9.97 Å². The Hall–Kier alpha value is -3.41. The normalized spacial score (nSPS) is 12.0. The van der Waals surface area contributed by atoms with E-state index in [4.69, 9.17) is 16.2 Å². The number of nitrogens with zero attached hydrogens (tertiary/aromatic N) is 2. The molecule has 0 saturated heterocycles. The maximum atomic E-state index is 13.6. The zero-order chi connectivity index (χ0) is 18.7. The number of aryl methyl sites for hydroxylation is 1. The molecule has 1 aromatic heterocycles. The molecule has 1 heterocycles. The predicted molar refractivity (Wildman–Crippen MR) is 102 cm³/mol. The highest BCUT2D eigenvalue weighted by Gasteiger charge is 2.13. The molecular weight excluding hydrogens is 331 g/mol. The van der Waals surface area contributed by atoms with Crippen LogP contribution < -0.4 is 16.2 Å². The Labute approximate surface area is 150 Å². The highest BCUT2D eigenvalue weighted by atomic mass is 19.1. The summed E-state index contributed by atoms with van der Waals surface area (Å²) >= 11 is 0. The van der Waals surface area contributed by atoms with Crippen molar-refractivity contribution in [3.63, 3.8) is 0 Å². The molecule has 0 amide bonds. The Balaban J connectivity index is 2.22. The van der Waals surface area contributed by atoms with Crippen LogP contribution in [0.4, 0.5) is 4.39 Å². The minimum Gasteiger partial charge on any atom is -0.494 e. The van der Waals surface area contributed by atoms with E-state index in [1.54, 1.807) is 25.3 Å². The number of methoxy groups -OCH3 is 1. The average molecular weight is 350 g/mol. The van der Waals surface area contributed by atoms with Crippen LogP contribution in [0.2, 0.25) is 0 Å². The second-order valence-electron chi connectivity index (χ2n) is 5.72. The van der Waals surface area contributed by atoms with Crippen LogP contribution in [0.1, 0.15) is 11.5 Å². The molecule has 26 heavy (non-hydrogen) atoms. The van der Waals surface area contributed by atoms with E-state index in [0.29, 0.717) is 22.8 Å². The molecule has 0 fully saturated rings. The van der Waals surface area contributed by atoms with Crippen molar-refractivity contribution in [1.29, 1.82) is 0 Å². The fourth-order valence-electron chi connectivity index (χ4n) is 2.70. The Kier molecular flexibility index (Phi) is 4.84. The molecule has 0 saturated carbocycles. The van der Waals surface area contributed by atoms with Crippen LogP contribution in [0.3, 0.4) is 0 Å². The molecule has 3 aromatic rings. The molecular formula is C20H19FN4O. The molecule has 0 radical (unpaired) electrons. The molecule has 0 aliphatic rings. The topological polar surface area (TPSA) is 87.0 Å². The first kappa shape index (κ1) is 17.4. The fourth-order valence-corrected chi connectivity index (χ4v) is 2.70. The second kappa shape index (κ2) is 7.23. The van der Waals surface area contributed by atoms with Gasteiger partial charge in [-0.15, -0.1) is 0 Å². The van der Waals surface area contributed by atoms with Crippen LogP contribution >= 0.6 is 0 Å². The summed E-state index contributed by atoms with van der Waals surface area (Å²) in [5.41, 5.74) is 14.7. The van der Waals surface area contributed by atoms with Crippen molar-refractivity contribution >= 4 is 16.6 Å². The van der Waals surface area contributed by atoms with Gasteiger partial charge in [-0.1, -0.05) is 12.1 Å². The minimum absolute atomic E-state index is 0.296. The van der Waals surface area contributed by atoms with Crippen molar-refractivity contribution < 1.29 is 9.13 Å². The highest BCUT2D eigenvalue weighted by molar-refractivity contribution is 5.92. The van der Waals surface area contributed by atoms with Crippen molar-refractivity contribution in [2.24, 2.45) is 11.5 Å². The van der Waals surface area contributed by atoms with Crippen molar-refractivity contribution in [3.8, 4) is 16.9 Å². The Bertz CT molecular complexity index is 1030. The van der Waals surface area contributed by atoms with Crippen molar-refractivity contribution in [1.82, 2.24) is 9.97 Å². The molecule has 6 heteroatoms. The van der Waals surface area contributed by atoms with Crippen molar-refractivity contribution in [3.05, 3.63) is 72.1 Å². The molecule has 132 valence electrons. The first-order valence-corrected chi connectivity index (χ1v) is 8.00. The number of ether oxygens (including phenoxy) is 1. The molecule has 2 aromatic carbocycles. The maximum Gasteiger partial charge on any atom is 0.176 e. The first-order valence-electron chi connectivity index (χ1n) is 8.00. The van der Waals surface area contributed by atoms with Gasteiger partial charge in [0.05, 0.1) is 12.8 Å². The molecule has 0 atom stereocenters. The number of hydrogen-bond acceptors (Lipinski definition) is 5. The molecule has 0 aliphatic carbocycles. The van der Waals surface area contributed by atoms with Gasteiger partial charge in [0, 0.05) is 11.1 Å². The third kappa shape index (κ3) is 3.35. The van der Waals surface area contributed by atoms with Crippen LogP contribution in [0.15, 0.2) is 54.8 Å². The van der Waals surface area contributed by atoms with Crippen molar-refractivity contribution in [2.75, 3.05) is 7.11 Å². The third-order valence-corrected chi connectivity index (χ3v) is 3.98. The lowest BCUT2D eigenvalue weighted by molar-refractivity contribution is 0.419. The van der Waals surface area contributed by atoms with Crippen LogP contribution in [0.25, 0.3) is 27.7 Å². The van der Waals surface area contributed by atoms with Gasteiger partial charge in [0.25, 0.3) is 0 Å². The summed E-state index contributed by atoms with van der Waals surface area (Å²) in [6.07, 6.45) is 4.63. The second-order valence-corrected chi connectivity index (χ2v) is 5.72. The predicted octanol–water partition coefficient (Wildman–Crippen LogP) is 3.52. The lowest BCUT2D eigenvalue weighted by Crippen LogP contribution is -2.05. The molecule has 0 spiro atoms. The molecule has 5 nitrogen and oxygen atoms in total. The van der Waals surface area contributed by atoms with Gasteiger partial charge in [0.1, 0.15) is 17.1 Å². The number of benzene rings is 2. The SMILES string of the molecule is COc1cc(-c2cccc(F)c2)cc2c(C)nc(/C(N)=C/C=C\N)nc12. The number of hydrogen-bond donors (Lipinski definition) is 2. The van der Waals surface area contributed by atoms with E-state index >= 15 is 0 Å². The van der Waals surface area contributed by atoms with Gasteiger partial charge < -0.3 is 16.2 Å². The van der Waals surface area contributed by atoms with Crippen LogP contribution in [-0.2, 0) is 0 Å². The summed E-state index contributed by atoms with van der Waals surface area (Å²) in [5, 5.41) is 0.814. The first-order chi connectivity index (χ1) is 12.5. The molecule has 0 bridgehead atoms. The fraction of sp³-hybridized carbons (Fsp3) is 0.100. The Morgan fingerprint density at radius 2 is 1.96 bits per heavy atom. The lowest BCUT2D eigenvalue weighted by Gasteiger charge is -2.12. The number of rotatable bonds is 4. The number of allylic oxidation sites excluding steroid dienone is 2. The van der Waals surface area contributed by atoms with E-state index in [0.717, 1.165) is 22.2 Å². The standard InChI is InChI=1S/C20H19FN4O/c1-12-16-10-14(13-5-3-6-15(21)9-13)11-18(26-2)19(16)25-20(24-12)17(23)7-4-8-22/h3-11H,22-23H2,1-2H3/b8-4-,17-7-. The van der Waals surface area contributed by atoms with Crippen LogP contribution in [-0.4, -0.2) is 17.1 Å². The number of nitrogens with two attached hydrogens (primary N) is 2.